The summed E-state index contributed by atoms with van der Waals surface area (Å²) in [5.74, 6) is 1.46. The van der Waals surface area contributed by atoms with Crippen molar-refractivity contribution in [2.75, 3.05) is 32.8 Å². The number of ether oxygens (including phenoxy) is 3. The van der Waals surface area contributed by atoms with Gasteiger partial charge in [-0.05, 0) is 18.6 Å². The minimum atomic E-state index is 0.253. The molecule has 1 aliphatic rings. The second-order valence-electron chi connectivity index (χ2n) is 4.62. The zero-order chi connectivity index (χ0) is 13.9. The van der Waals surface area contributed by atoms with Crippen LogP contribution in [-0.2, 0) is 4.74 Å². The van der Waals surface area contributed by atoms with Crippen LogP contribution in [0.1, 0.15) is 6.42 Å². The van der Waals surface area contributed by atoms with Gasteiger partial charge in [0, 0.05) is 6.61 Å². The molecule has 6 heteroatoms. The van der Waals surface area contributed by atoms with Crippen LogP contribution in [-0.4, -0.2) is 43.4 Å². The van der Waals surface area contributed by atoms with Crippen molar-refractivity contribution < 1.29 is 14.2 Å². The van der Waals surface area contributed by atoms with E-state index in [1.165, 1.54) is 0 Å². The van der Waals surface area contributed by atoms with E-state index in [1.54, 1.807) is 14.2 Å². The molecular weight excluding hydrogens is 258 g/mol. The number of benzene rings is 1. The number of hydrogen-bond acceptors (Lipinski definition) is 6. The van der Waals surface area contributed by atoms with Crippen LogP contribution in [0.3, 0.4) is 0 Å². The van der Waals surface area contributed by atoms with Gasteiger partial charge in [-0.1, -0.05) is 6.07 Å². The van der Waals surface area contributed by atoms with Crippen LogP contribution in [0.25, 0.3) is 10.9 Å². The highest BCUT2D eigenvalue weighted by Gasteiger charge is 2.19. The van der Waals surface area contributed by atoms with Gasteiger partial charge in [-0.3, -0.25) is 0 Å². The molecule has 1 fully saturated rings. The molecule has 1 aromatic carbocycles. The zero-order valence-electron chi connectivity index (χ0n) is 11.5. The molecule has 0 amide bonds. The van der Waals surface area contributed by atoms with Gasteiger partial charge < -0.3 is 19.5 Å². The number of nitrogens with one attached hydrogen (secondary N) is 1. The van der Waals surface area contributed by atoms with E-state index in [0.717, 1.165) is 35.5 Å². The lowest BCUT2D eigenvalue weighted by Gasteiger charge is -2.15. The maximum Gasteiger partial charge on any atom is 0.318 e. The summed E-state index contributed by atoms with van der Waals surface area (Å²) in [4.78, 5) is 8.76. The normalized spacial score (nSPS) is 18.2. The van der Waals surface area contributed by atoms with Gasteiger partial charge in [0.15, 0.2) is 0 Å². The van der Waals surface area contributed by atoms with Crippen molar-refractivity contribution in [3.05, 3.63) is 18.2 Å². The molecule has 1 aliphatic heterocycles. The number of anilines is 1. The van der Waals surface area contributed by atoms with E-state index >= 15 is 0 Å². The average molecular weight is 275 g/mol. The molecule has 0 bridgehead atoms. The van der Waals surface area contributed by atoms with E-state index in [0.29, 0.717) is 12.6 Å². The number of methoxy groups -OCH3 is 2. The van der Waals surface area contributed by atoms with Crippen molar-refractivity contribution in [3.63, 3.8) is 0 Å². The molecular formula is C14H17N3O3. The standard InChI is InChI=1S/C14H17N3O3/c1-18-11-5-3-4-10-12(11)13(17-14(16-10)19-2)15-9-6-7-20-8-9/h3-5,9H,6-8H2,1-2H3,(H,15,16,17). The summed E-state index contributed by atoms with van der Waals surface area (Å²) < 4.78 is 16.0. The summed E-state index contributed by atoms with van der Waals surface area (Å²) in [5, 5.41) is 4.26. The smallest absolute Gasteiger partial charge is 0.318 e. The lowest BCUT2D eigenvalue weighted by molar-refractivity contribution is 0.195. The molecule has 6 nitrogen and oxygen atoms in total. The number of nitrogens with zero attached hydrogens (tertiary/aromatic N) is 2. The maximum absolute atomic E-state index is 5.41. The summed E-state index contributed by atoms with van der Waals surface area (Å²) in [6.45, 7) is 1.46. The lowest BCUT2D eigenvalue weighted by atomic mass is 10.2. The van der Waals surface area contributed by atoms with Crippen LogP contribution in [0, 0.1) is 0 Å². The second-order valence-corrected chi connectivity index (χ2v) is 4.62. The largest absolute Gasteiger partial charge is 0.496 e. The summed E-state index contributed by atoms with van der Waals surface area (Å²) in [6.07, 6.45) is 0.961. The molecule has 1 aromatic heterocycles. The molecule has 0 radical (unpaired) electrons. The van der Waals surface area contributed by atoms with Crippen LogP contribution in [0.5, 0.6) is 11.8 Å². The first-order chi connectivity index (χ1) is 9.81. The molecule has 2 heterocycles. The Morgan fingerprint density at radius 1 is 1.25 bits per heavy atom. The molecule has 1 unspecified atom stereocenters. The zero-order valence-corrected chi connectivity index (χ0v) is 11.5. The Morgan fingerprint density at radius 3 is 2.85 bits per heavy atom. The van der Waals surface area contributed by atoms with Crippen molar-refractivity contribution in [2.45, 2.75) is 12.5 Å². The van der Waals surface area contributed by atoms with E-state index in [1.807, 2.05) is 18.2 Å². The number of fused-ring (bicyclic) bond motifs is 1. The first-order valence-corrected chi connectivity index (χ1v) is 6.55. The minimum absolute atomic E-state index is 0.253. The van der Waals surface area contributed by atoms with Gasteiger partial charge in [-0.15, -0.1) is 0 Å². The van der Waals surface area contributed by atoms with Crippen molar-refractivity contribution in [1.82, 2.24) is 9.97 Å². The first-order valence-electron chi connectivity index (χ1n) is 6.55. The maximum atomic E-state index is 5.41. The molecule has 1 N–H and O–H groups in total. The Labute approximate surface area is 117 Å². The third-order valence-electron chi connectivity index (χ3n) is 3.34. The van der Waals surface area contributed by atoms with Crippen LogP contribution >= 0.6 is 0 Å². The van der Waals surface area contributed by atoms with E-state index in [2.05, 4.69) is 15.3 Å². The van der Waals surface area contributed by atoms with Gasteiger partial charge in [0.05, 0.1) is 37.8 Å². The van der Waals surface area contributed by atoms with Gasteiger partial charge in [0.25, 0.3) is 0 Å². The third kappa shape index (κ3) is 2.34. The molecule has 106 valence electrons. The Balaban J connectivity index is 2.10. The highest BCUT2D eigenvalue weighted by Crippen LogP contribution is 2.32. The van der Waals surface area contributed by atoms with Crippen molar-refractivity contribution >= 4 is 16.7 Å². The number of rotatable bonds is 4. The average Bonchev–Trinajstić information content (AvgIpc) is 2.99. The Kier molecular flexibility index (Phi) is 3.56. The molecule has 2 aromatic rings. The lowest BCUT2D eigenvalue weighted by Crippen LogP contribution is -2.20. The van der Waals surface area contributed by atoms with Crippen molar-refractivity contribution in [3.8, 4) is 11.8 Å². The Bertz CT molecular complexity index is 612. The molecule has 0 saturated carbocycles. The summed E-state index contributed by atoms with van der Waals surface area (Å²) in [6, 6.07) is 6.30. The fraction of sp³-hybridized carbons (Fsp3) is 0.429. The summed E-state index contributed by atoms with van der Waals surface area (Å²) >= 11 is 0. The molecule has 0 aliphatic carbocycles. The summed E-state index contributed by atoms with van der Waals surface area (Å²) in [7, 11) is 3.20. The van der Waals surface area contributed by atoms with Crippen molar-refractivity contribution in [2.24, 2.45) is 0 Å². The van der Waals surface area contributed by atoms with Gasteiger partial charge >= 0.3 is 6.01 Å². The van der Waals surface area contributed by atoms with E-state index in [4.69, 9.17) is 14.2 Å². The fourth-order valence-corrected chi connectivity index (χ4v) is 2.34. The molecule has 3 rings (SSSR count). The van der Waals surface area contributed by atoms with Crippen LogP contribution in [0.4, 0.5) is 5.82 Å². The molecule has 0 spiro atoms. The molecule has 20 heavy (non-hydrogen) atoms. The highest BCUT2D eigenvalue weighted by molar-refractivity contribution is 5.95. The molecule has 1 saturated heterocycles. The topological polar surface area (TPSA) is 65.5 Å². The van der Waals surface area contributed by atoms with Crippen molar-refractivity contribution in [1.29, 1.82) is 0 Å². The monoisotopic (exact) mass is 275 g/mol. The fourth-order valence-electron chi connectivity index (χ4n) is 2.34. The number of hydrogen-bond donors (Lipinski definition) is 1. The van der Waals surface area contributed by atoms with E-state index < -0.39 is 0 Å². The minimum Gasteiger partial charge on any atom is -0.496 e. The Hall–Kier alpha value is -2.08. The van der Waals surface area contributed by atoms with Crippen LogP contribution < -0.4 is 14.8 Å². The van der Waals surface area contributed by atoms with Gasteiger partial charge in [-0.2, -0.15) is 9.97 Å². The Morgan fingerprint density at radius 2 is 2.15 bits per heavy atom. The second kappa shape index (κ2) is 5.50. The first kappa shape index (κ1) is 12.9. The van der Waals surface area contributed by atoms with Crippen LogP contribution in [0.2, 0.25) is 0 Å². The number of aromatic nitrogens is 2. The summed E-state index contributed by atoms with van der Waals surface area (Å²) in [5.41, 5.74) is 0.789. The third-order valence-corrected chi connectivity index (χ3v) is 3.34. The predicted molar refractivity (Wildman–Crippen MR) is 75.5 cm³/mol. The van der Waals surface area contributed by atoms with Gasteiger partial charge in [0.2, 0.25) is 0 Å². The van der Waals surface area contributed by atoms with Crippen LogP contribution in [0.15, 0.2) is 18.2 Å². The quantitative estimate of drug-likeness (QED) is 0.918. The highest BCUT2D eigenvalue weighted by atomic mass is 16.5. The SMILES string of the molecule is COc1nc(NC2CCOC2)c2c(OC)cccc2n1. The molecule has 1 atom stereocenters. The van der Waals surface area contributed by atoms with Gasteiger partial charge in [-0.25, -0.2) is 0 Å². The van der Waals surface area contributed by atoms with E-state index in [9.17, 15) is 0 Å². The van der Waals surface area contributed by atoms with E-state index in [-0.39, 0.29) is 6.04 Å². The van der Waals surface area contributed by atoms with Gasteiger partial charge in [0.1, 0.15) is 11.6 Å². The predicted octanol–water partition coefficient (Wildman–Crippen LogP) is 1.85.